The number of likely N-dealkylation sites (tertiary alicyclic amines) is 1. The highest BCUT2D eigenvalue weighted by atomic mass is 15.2. The third-order valence-electron chi connectivity index (χ3n) is 5.68. The number of aromatic nitrogens is 3. The SMILES string of the molecule is CCNC(=NCc1ccnc(-n2ccnc2)c1)NCc1ccc(CN2CCCCC2)cc1. The molecule has 7 heteroatoms. The van der Waals surface area contributed by atoms with Gasteiger partial charge in [0.25, 0.3) is 0 Å². The maximum absolute atomic E-state index is 4.75. The van der Waals surface area contributed by atoms with Gasteiger partial charge in [0.05, 0.1) is 6.54 Å². The van der Waals surface area contributed by atoms with E-state index in [1.807, 2.05) is 29.1 Å². The molecule has 0 saturated carbocycles. The van der Waals surface area contributed by atoms with Gasteiger partial charge in [-0.3, -0.25) is 9.47 Å². The summed E-state index contributed by atoms with van der Waals surface area (Å²) in [7, 11) is 0. The van der Waals surface area contributed by atoms with E-state index in [1.54, 1.807) is 12.5 Å². The first-order chi connectivity index (χ1) is 15.8. The highest BCUT2D eigenvalue weighted by Crippen LogP contribution is 2.14. The zero-order valence-electron chi connectivity index (χ0n) is 18.9. The Labute approximate surface area is 190 Å². The normalized spacial score (nSPS) is 15.0. The second-order valence-corrected chi connectivity index (χ2v) is 8.19. The Morgan fingerprint density at radius 1 is 0.969 bits per heavy atom. The minimum atomic E-state index is 0.578. The third kappa shape index (κ3) is 6.40. The van der Waals surface area contributed by atoms with Crippen LogP contribution in [0.4, 0.5) is 0 Å². The van der Waals surface area contributed by atoms with Crippen LogP contribution in [0.2, 0.25) is 0 Å². The van der Waals surface area contributed by atoms with Crippen molar-refractivity contribution in [3.8, 4) is 5.82 Å². The summed E-state index contributed by atoms with van der Waals surface area (Å²) in [6.45, 7) is 7.74. The number of nitrogens with zero attached hydrogens (tertiary/aromatic N) is 5. The van der Waals surface area contributed by atoms with Gasteiger partial charge in [0, 0.05) is 38.2 Å². The van der Waals surface area contributed by atoms with Crippen molar-refractivity contribution in [1.29, 1.82) is 0 Å². The molecule has 0 aliphatic carbocycles. The number of imidazole rings is 1. The zero-order valence-corrected chi connectivity index (χ0v) is 18.9. The maximum atomic E-state index is 4.75. The molecule has 1 aromatic carbocycles. The van der Waals surface area contributed by atoms with Gasteiger partial charge < -0.3 is 10.6 Å². The topological polar surface area (TPSA) is 70.4 Å². The van der Waals surface area contributed by atoms with Crippen LogP contribution in [0.5, 0.6) is 0 Å². The van der Waals surface area contributed by atoms with E-state index < -0.39 is 0 Å². The van der Waals surface area contributed by atoms with Crippen molar-refractivity contribution < 1.29 is 0 Å². The van der Waals surface area contributed by atoms with Crippen molar-refractivity contribution in [1.82, 2.24) is 30.1 Å². The maximum Gasteiger partial charge on any atom is 0.191 e. The average Bonchev–Trinajstić information content (AvgIpc) is 3.38. The second kappa shape index (κ2) is 11.4. The molecule has 3 heterocycles. The van der Waals surface area contributed by atoms with Gasteiger partial charge in [-0.15, -0.1) is 0 Å². The Morgan fingerprint density at radius 3 is 2.53 bits per heavy atom. The summed E-state index contributed by atoms with van der Waals surface area (Å²) in [5, 5.41) is 6.78. The molecule has 2 N–H and O–H groups in total. The molecule has 7 nitrogen and oxygen atoms in total. The molecule has 0 amide bonds. The van der Waals surface area contributed by atoms with Gasteiger partial charge in [-0.05, 0) is 61.7 Å². The first-order valence-corrected chi connectivity index (χ1v) is 11.6. The minimum absolute atomic E-state index is 0.578. The first-order valence-electron chi connectivity index (χ1n) is 11.6. The van der Waals surface area contributed by atoms with E-state index >= 15 is 0 Å². The van der Waals surface area contributed by atoms with Gasteiger partial charge in [0.1, 0.15) is 12.1 Å². The van der Waals surface area contributed by atoms with Crippen molar-refractivity contribution in [3.05, 3.63) is 78.0 Å². The number of nitrogens with one attached hydrogen (secondary N) is 2. The number of piperidine rings is 1. The fourth-order valence-corrected chi connectivity index (χ4v) is 3.93. The summed E-state index contributed by atoms with van der Waals surface area (Å²) >= 11 is 0. The minimum Gasteiger partial charge on any atom is -0.357 e. The van der Waals surface area contributed by atoms with Gasteiger partial charge >= 0.3 is 0 Å². The summed E-state index contributed by atoms with van der Waals surface area (Å²) in [6, 6.07) is 13.0. The number of pyridine rings is 1. The van der Waals surface area contributed by atoms with Crippen molar-refractivity contribution in [2.45, 2.75) is 45.8 Å². The Hall–Kier alpha value is -3.19. The molecule has 3 aromatic rings. The van der Waals surface area contributed by atoms with Crippen LogP contribution in [0.25, 0.3) is 5.82 Å². The van der Waals surface area contributed by atoms with Gasteiger partial charge in [0.15, 0.2) is 5.96 Å². The third-order valence-corrected chi connectivity index (χ3v) is 5.68. The smallest absolute Gasteiger partial charge is 0.191 e. The van der Waals surface area contributed by atoms with Crippen molar-refractivity contribution >= 4 is 5.96 Å². The predicted molar refractivity (Wildman–Crippen MR) is 129 cm³/mol. The van der Waals surface area contributed by atoms with E-state index in [4.69, 9.17) is 4.99 Å². The zero-order chi connectivity index (χ0) is 22.0. The van der Waals surface area contributed by atoms with Crippen molar-refractivity contribution in [3.63, 3.8) is 0 Å². The number of hydrogen-bond acceptors (Lipinski definition) is 4. The molecule has 1 aliphatic heterocycles. The van der Waals surface area contributed by atoms with Crippen LogP contribution in [0, 0.1) is 0 Å². The van der Waals surface area contributed by atoms with E-state index in [-0.39, 0.29) is 0 Å². The van der Waals surface area contributed by atoms with Crippen molar-refractivity contribution in [2.24, 2.45) is 4.99 Å². The van der Waals surface area contributed by atoms with E-state index in [0.717, 1.165) is 37.0 Å². The summed E-state index contributed by atoms with van der Waals surface area (Å²) in [5.74, 6) is 1.66. The van der Waals surface area contributed by atoms with Crippen LogP contribution in [0.15, 0.2) is 66.3 Å². The van der Waals surface area contributed by atoms with Gasteiger partial charge in [-0.1, -0.05) is 30.7 Å². The molecule has 168 valence electrons. The number of aliphatic imine (C=N–C) groups is 1. The molecular formula is C25H33N7. The predicted octanol–water partition coefficient (Wildman–Crippen LogP) is 3.51. The van der Waals surface area contributed by atoms with Gasteiger partial charge in [-0.2, -0.15) is 0 Å². The van der Waals surface area contributed by atoms with Crippen LogP contribution in [-0.2, 0) is 19.6 Å². The van der Waals surface area contributed by atoms with E-state index in [9.17, 15) is 0 Å². The lowest BCUT2D eigenvalue weighted by Gasteiger charge is -2.26. The molecule has 2 aromatic heterocycles. The average molecular weight is 432 g/mol. The molecule has 0 spiro atoms. The van der Waals surface area contributed by atoms with E-state index in [0.29, 0.717) is 6.54 Å². The Balaban J connectivity index is 1.32. The van der Waals surface area contributed by atoms with E-state index in [1.165, 1.54) is 43.5 Å². The van der Waals surface area contributed by atoms with Crippen molar-refractivity contribution in [2.75, 3.05) is 19.6 Å². The molecule has 32 heavy (non-hydrogen) atoms. The summed E-state index contributed by atoms with van der Waals surface area (Å²) in [6.07, 6.45) is 11.2. The molecular weight excluding hydrogens is 398 g/mol. The Bertz CT molecular complexity index is 974. The first kappa shape index (κ1) is 22.0. The lowest BCUT2D eigenvalue weighted by molar-refractivity contribution is 0.221. The lowest BCUT2D eigenvalue weighted by Crippen LogP contribution is -2.36. The monoisotopic (exact) mass is 431 g/mol. The highest BCUT2D eigenvalue weighted by molar-refractivity contribution is 5.79. The fraction of sp³-hybridized carbons (Fsp3) is 0.400. The summed E-state index contributed by atoms with van der Waals surface area (Å²) in [5.41, 5.74) is 3.75. The molecule has 0 bridgehead atoms. The summed E-state index contributed by atoms with van der Waals surface area (Å²) in [4.78, 5) is 15.8. The molecule has 0 radical (unpaired) electrons. The van der Waals surface area contributed by atoms with E-state index in [2.05, 4.69) is 56.7 Å². The molecule has 1 aliphatic rings. The Morgan fingerprint density at radius 2 is 1.78 bits per heavy atom. The fourth-order valence-electron chi connectivity index (χ4n) is 3.93. The molecule has 1 fully saturated rings. The molecule has 1 saturated heterocycles. The second-order valence-electron chi connectivity index (χ2n) is 8.19. The van der Waals surface area contributed by atoms with Crippen LogP contribution < -0.4 is 10.6 Å². The highest BCUT2D eigenvalue weighted by Gasteiger charge is 2.10. The van der Waals surface area contributed by atoms with Crippen LogP contribution in [-0.4, -0.2) is 45.0 Å². The summed E-state index contributed by atoms with van der Waals surface area (Å²) < 4.78 is 1.89. The number of benzene rings is 1. The van der Waals surface area contributed by atoms with Gasteiger partial charge in [-0.25, -0.2) is 15.0 Å². The van der Waals surface area contributed by atoms with Gasteiger partial charge in [0.2, 0.25) is 0 Å². The standard InChI is InChI=1S/C25H33N7/c1-2-27-25(30-18-23-10-11-28-24(16-23)32-15-12-26-20-32)29-17-21-6-8-22(9-7-21)19-31-13-4-3-5-14-31/h6-12,15-16,20H,2-5,13-14,17-19H2,1H3,(H2,27,29,30). The Kier molecular flexibility index (Phi) is 7.87. The number of guanidine groups is 1. The largest absolute Gasteiger partial charge is 0.357 e. The van der Waals surface area contributed by atoms with Crippen LogP contribution in [0.1, 0.15) is 42.9 Å². The molecule has 0 atom stereocenters. The number of hydrogen-bond donors (Lipinski definition) is 2. The molecule has 4 rings (SSSR count). The van der Waals surface area contributed by atoms with Crippen LogP contribution >= 0.6 is 0 Å². The van der Waals surface area contributed by atoms with Crippen LogP contribution in [0.3, 0.4) is 0 Å². The lowest BCUT2D eigenvalue weighted by atomic mass is 10.1. The quantitative estimate of drug-likeness (QED) is 0.422. The molecule has 0 unspecified atom stereocenters. The number of rotatable bonds is 8.